The number of hydrogen-bond acceptors (Lipinski definition) is 4. The number of piperidine rings is 1. The number of rotatable bonds is 5. The minimum absolute atomic E-state index is 0.667. The molecule has 0 bridgehead atoms. The van der Waals surface area contributed by atoms with Crippen LogP contribution in [0.15, 0.2) is 30.3 Å². The number of benzene rings is 1. The summed E-state index contributed by atoms with van der Waals surface area (Å²) in [4.78, 5) is 10.2. The summed E-state index contributed by atoms with van der Waals surface area (Å²) in [5, 5.41) is 4.79. The van der Waals surface area contributed by atoms with Crippen molar-refractivity contribution in [1.82, 2.24) is 24.6 Å². The monoisotopic (exact) mass is 365 g/mol. The van der Waals surface area contributed by atoms with Crippen LogP contribution in [0.5, 0.6) is 0 Å². The van der Waals surface area contributed by atoms with Gasteiger partial charge < -0.3 is 4.90 Å². The van der Waals surface area contributed by atoms with E-state index in [2.05, 4.69) is 44.8 Å². The molecule has 0 N–H and O–H groups in total. The first-order chi connectivity index (χ1) is 13.3. The smallest absolute Gasteiger partial charge is 0.154 e. The molecule has 2 fully saturated rings. The summed E-state index contributed by atoms with van der Waals surface area (Å²) >= 11 is 0. The number of aromatic nitrogens is 3. The topological polar surface area (TPSA) is 37.2 Å². The van der Waals surface area contributed by atoms with Crippen molar-refractivity contribution in [3.8, 4) is 0 Å². The highest BCUT2D eigenvalue weighted by Gasteiger charge is 2.31. The minimum atomic E-state index is 0.667. The van der Waals surface area contributed by atoms with E-state index < -0.39 is 0 Å². The molecule has 2 aliphatic heterocycles. The number of nitrogens with zero attached hydrogens (tertiary/aromatic N) is 5. The van der Waals surface area contributed by atoms with Crippen LogP contribution in [0.4, 0.5) is 0 Å². The summed E-state index contributed by atoms with van der Waals surface area (Å²) < 4.78 is 2.20. The zero-order valence-electron chi connectivity index (χ0n) is 16.3. The zero-order chi connectivity index (χ0) is 18.1. The maximum absolute atomic E-state index is 4.83. The van der Waals surface area contributed by atoms with Gasteiger partial charge >= 0.3 is 0 Å². The molecule has 5 rings (SSSR count). The number of hydrogen-bond donors (Lipinski definition) is 0. The summed E-state index contributed by atoms with van der Waals surface area (Å²) in [6.45, 7) is 6.97. The summed E-state index contributed by atoms with van der Waals surface area (Å²) in [6, 6.07) is 11.6. The van der Waals surface area contributed by atoms with Crippen molar-refractivity contribution in [3.63, 3.8) is 0 Å². The Balaban J connectivity index is 1.10. The van der Waals surface area contributed by atoms with Crippen molar-refractivity contribution in [2.45, 2.75) is 57.0 Å². The minimum Gasteiger partial charge on any atom is -0.303 e. The van der Waals surface area contributed by atoms with Gasteiger partial charge in [-0.05, 0) is 50.8 Å². The van der Waals surface area contributed by atoms with Crippen molar-refractivity contribution >= 4 is 0 Å². The summed E-state index contributed by atoms with van der Waals surface area (Å²) in [5.41, 5.74) is 1.46. The van der Waals surface area contributed by atoms with E-state index in [0.29, 0.717) is 5.92 Å². The lowest BCUT2D eigenvalue weighted by atomic mass is 10.0. The molecule has 1 aromatic heterocycles. The van der Waals surface area contributed by atoms with E-state index in [1.165, 1.54) is 63.1 Å². The summed E-state index contributed by atoms with van der Waals surface area (Å²) in [6.07, 6.45) is 7.42. The molecule has 27 heavy (non-hydrogen) atoms. The fourth-order valence-corrected chi connectivity index (χ4v) is 4.66. The molecule has 0 atom stereocenters. The predicted molar refractivity (Wildman–Crippen MR) is 107 cm³/mol. The first-order valence-electron chi connectivity index (χ1n) is 10.8. The maximum Gasteiger partial charge on any atom is 0.154 e. The Hall–Kier alpha value is -1.72. The predicted octanol–water partition coefficient (Wildman–Crippen LogP) is 2.72. The van der Waals surface area contributed by atoms with Crippen molar-refractivity contribution in [2.24, 2.45) is 0 Å². The van der Waals surface area contributed by atoms with Gasteiger partial charge in [0.25, 0.3) is 0 Å². The fourth-order valence-electron chi connectivity index (χ4n) is 4.66. The van der Waals surface area contributed by atoms with Crippen LogP contribution < -0.4 is 0 Å². The van der Waals surface area contributed by atoms with E-state index in [0.717, 1.165) is 37.9 Å². The summed E-state index contributed by atoms with van der Waals surface area (Å²) in [7, 11) is 0. The molecule has 1 aromatic carbocycles. The lowest BCUT2D eigenvalue weighted by Gasteiger charge is -2.38. The SMILES string of the molecule is c1ccc(CCN2CCC(N3CCc4nc(C5CC5)nn4CC3)CC2)cc1. The third kappa shape index (κ3) is 4.09. The van der Waals surface area contributed by atoms with Crippen LogP contribution in [0, 0.1) is 0 Å². The Morgan fingerprint density at radius 2 is 1.70 bits per heavy atom. The van der Waals surface area contributed by atoms with Gasteiger partial charge in [-0.1, -0.05) is 30.3 Å². The van der Waals surface area contributed by atoms with Crippen LogP contribution in [-0.2, 0) is 19.4 Å². The third-order valence-electron chi connectivity index (χ3n) is 6.56. The van der Waals surface area contributed by atoms with Gasteiger partial charge in [-0.3, -0.25) is 4.90 Å². The van der Waals surface area contributed by atoms with Gasteiger partial charge in [0.05, 0.1) is 6.54 Å². The molecule has 0 unspecified atom stereocenters. The molecule has 2 aromatic rings. The highest BCUT2D eigenvalue weighted by Crippen LogP contribution is 2.38. The molecule has 3 aliphatic rings. The molecule has 144 valence electrons. The second kappa shape index (κ2) is 7.72. The van der Waals surface area contributed by atoms with Crippen molar-refractivity contribution in [3.05, 3.63) is 47.5 Å². The number of fused-ring (bicyclic) bond motifs is 1. The molecule has 1 saturated heterocycles. The lowest BCUT2D eigenvalue weighted by Crippen LogP contribution is -2.46. The van der Waals surface area contributed by atoms with Crippen molar-refractivity contribution in [2.75, 3.05) is 32.7 Å². The molecular weight excluding hydrogens is 334 g/mol. The highest BCUT2D eigenvalue weighted by atomic mass is 15.4. The third-order valence-corrected chi connectivity index (χ3v) is 6.56. The van der Waals surface area contributed by atoms with Crippen molar-refractivity contribution in [1.29, 1.82) is 0 Å². The van der Waals surface area contributed by atoms with Crippen molar-refractivity contribution < 1.29 is 0 Å². The highest BCUT2D eigenvalue weighted by molar-refractivity contribution is 5.15. The van der Waals surface area contributed by atoms with Gasteiger partial charge in [0.15, 0.2) is 5.82 Å². The molecule has 5 nitrogen and oxygen atoms in total. The fraction of sp³-hybridized carbons (Fsp3) is 0.636. The molecule has 0 amide bonds. The Labute approximate surface area is 162 Å². The normalized spacial score (nSPS) is 22.5. The Morgan fingerprint density at radius 1 is 0.889 bits per heavy atom. The van der Waals surface area contributed by atoms with E-state index >= 15 is 0 Å². The first-order valence-corrected chi connectivity index (χ1v) is 10.8. The second-order valence-electron chi connectivity index (χ2n) is 8.48. The summed E-state index contributed by atoms with van der Waals surface area (Å²) in [5.74, 6) is 3.01. The van der Waals surface area contributed by atoms with Gasteiger partial charge in [0.1, 0.15) is 5.82 Å². The Morgan fingerprint density at radius 3 is 2.48 bits per heavy atom. The van der Waals surface area contributed by atoms with Gasteiger partial charge in [-0.15, -0.1) is 0 Å². The quantitative estimate of drug-likeness (QED) is 0.816. The first kappa shape index (κ1) is 17.4. The molecular formula is C22H31N5. The lowest BCUT2D eigenvalue weighted by molar-refractivity contribution is 0.110. The van der Waals surface area contributed by atoms with Crippen LogP contribution in [0.3, 0.4) is 0 Å². The second-order valence-corrected chi connectivity index (χ2v) is 8.48. The standard InChI is InChI=1S/C22H31N5/c1-2-4-18(5-3-1)8-12-25-13-9-20(10-14-25)26-15-11-21-23-22(19-6-7-19)24-27(21)17-16-26/h1-5,19-20H,6-17H2. The largest absolute Gasteiger partial charge is 0.303 e. The van der Waals surface area contributed by atoms with E-state index in [4.69, 9.17) is 10.1 Å². The average molecular weight is 366 g/mol. The van der Waals surface area contributed by atoms with Crippen LogP contribution in [0.1, 0.15) is 48.8 Å². The molecule has 5 heteroatoms. The van der Waals surface area contributed by atoms with Crippen LogP contribution >= 0.6 is 0 Å². The molecule has 0 spiro atoms. The number of likely N-dealkylation sites (tertiary alicyclic amines) is 1. The van der Waals surface area contributed by atoms with E-state index in [-0.39, 0.29) is 0 Å². The van der Waals surface area contributed by atoms with Crippen LogP contribution in [0.25, 0.3) is 0 Å². The van der Waals surface area contributed by atoms with Gasteiger partial charge in [-0.25, -0.2) is 9.67 Å². The van der Waals surface area contributed by atoms with E-state index in [9.17, 15) is 0 Å². The molecule has 0 radical (unpaired) electrons. The van der Waals surface area contributed by atoms with Gasteiger partial charge in [0.2, 0.25) is 0 Å². The van der Waals surface area contributed by atoms with E-state index in [1.807, 2.05) is 0 Å². The Kier molecular flexibility index (Phi) is 4.97. The van der Waals surface area contributed by atoms with Gasteiger partial charge in [0, 0.05) is 38.0 Å². The van der Waals surface area contributed by atoms with Crippen LogP contribution in [-0.4, -0.2) is 63.3 Å². The van der Waals surface area contributed by atoms with Gasteiger partial charge in [-0.2, -0.15) is 5.10 Å². The van der Waals surface area contributed by atoms with Crippen LogP contribution in [0.2, 0.25) is 0 Å². The average Bonchev–Trinajstić information content (AvgIpc) is 3.52. The maximum atomic E-state index is 4.83. The molecule has 1 aliphatic carbocycles. The zero-order valence-corrected chi connectivity index (χ0v) is 16.3. The Bertz CT molecular complexity index is 718. The van der Waals surface area contributed by atoms with E-state index in [1.54, 1.807) is 0 Å². The molecule has 1 saturated carbocycles. The molecule has 3 heterocycles.